The van der Waals surface area contributed by atoms with Gasteiger partial charge in [-0.1, -0.05) is 41.0 Å². The molecule has 1 aliphatic rings. The maximum Gasteiger partial charge on any atom is 0.257 e. The minimum Gasteiger partial charge on any atom is -0.508 e. The van der Waals surface area contributed by atoms with E-state index in [1.54, 1.807) is 43.4 Å². The lowest BCUT2D eigenvalue weighted by Gasteiger charge is -2.34. The summed E-state index contributed by atoms with van der Waals surface area (Å²) >= 11 is 8.35. The average Bonchev–Trinajstić information content (AvgIpc) is 3.29. The summed E-state index contributed by atoms with van der Waals surface area (Å²) in [5.41, 5.74) is 3.34. The van der Waals surface area contributed by atoms with Crippen molar-refractivity contribution >= 4 is 50.2 Å². The first-order chi connectivity index (χ1) is 15.8. The molecule has 1 amide bonds. The third kappa shape index (κ3) is 3.77. The normalized spacial score (nSPS) is 15.5. The van der Waals surface area contributed by atoms with Gasteiger partial charge >= 0.3 is 0 Å². The van der Waals surface area contributed by atoms with Crippen LogP contribution in [0, 0.1) is 13.8 Å². The van der Waals surface area contributed by atoms with Crippen molar-refractivity contribution < 1.29 is 14.4 Å². The second kappa shape index (κ2) is 8.24. The van der Waals surface area contributed by atoms with E-state index in [-0.39, 0.29) is 17.7 Å². The van der Waals surface area contributed by atoms with E-state index in [1.807, 2.05) is 24.4 Å². The molecule has 6 nitrogen and oxygen atoms in total. The Morgan fingerprint density at radius 1 is 1.27 bits per heavy atom. The molecular formula is C25H22ClN3O3S. The van der Waals surface area contributed by atoms with Crippen LogP contribution in [0.15, 0.2) is 53.2 Å². The van der Waals surface area contributed by atoms with E-state index >= 15 is 0 Å². The van der Waals surface area contributed by atoms with Gasteiger partial charge in [-0.05, 0) is 50.1 Å². The largest absolute Gasteiger partial charge is 0.508 e. The minimum absolute atomic E-state index is 0.0657. The number of fused-ring (bicyclic) bond motifs is 2. The standard InChI is InChI=1S/C25H22ClN3O3S/c1-13-24(15(3)32-28-13)27-25(31)20-11-29(14(2)19-10-16(30)8-9-17(19)20)12-22-23(26)18-6-4-5-7-21(18)33-22/h4-11,14,30H,12H2,1-3H3,(H,27,31). The molecule has 2 aromatic carbocycles. The number of nitrogens with one attached hydrogen (secondary N) is 1. The number of carbonyl (C=O) groups excluding carboxylic acids is 1. The lowest BCUT2D eigenvalue weighted by Crippen LogP contribution is -2.29. The summed E-state index contributed by atoms with van der Waals surface area (Å²) in [5, 5.41) is 18.8. The average molecular weight is 480 g/mol. The van der Waals surface area contributed by atoms with Crippen LogP contribution in [0.2, 0.25) is 5.02 Å². The molecule has 0 saturated heterocycles. The number of benzene rings is 2. The second-order valence-electron chi connectivity index (χ2n) is 8.15. The van der Waals surface area contributed by atoms with Crippen LogP contribution in [0.3, 0.4) is 0 Å². The number of thiophene rings is 1. The number of amides is 1. The van der Waals surface area contributed by atoms with Gasteiger partial charge in [-0.25, -0.2) is 0 Å². The van der Waals surface area contributed by atoms with Crippen molar-refractivity contribution in [2.45, 2.75) is 33.4 Å². The number of aromatic hydroxyl groups is 1. The number of anilines is 1. The molecule has 0 bridgehead atoms. The molecule has 2 N–H and O–H groups in total. The molecule has 3 heterocycles. The number of carbonyl (C=O) groups is 1. The van der Waals surface area contributed by atoms with Gasteiger partial charge in [0.05, 0.1) is 23.2 Å². The first kappa shape index (κ1) is 21.6. The summed E-state index contributed by atoms with van der Waals surface area (Å²) < 4.78 is 6.31. The van der Waals surface area contributed by atoms with Crippen LogP contribution in [0.4, 0.5) is 5.69 Å². The Morgan fingerprint density at radius 2 is 2.06 bits per heavy atom. The van der Waals surface area contributed by atoms with E-state index in [0.29, 0.717) is 29.3 Å². The summed E-state index contributed by atoms with van der Waals surface area (Å²) in [7, 11) is 0. The molecule has 168 valence electrons. The van der Waals surface area contributed by atoms with Crippen LogP contribution in [0.1, 0.15) is 40.4 Å². The van der Waals surface area contributed by atoms with Crippen molar-refractivity contribution in [1.29, 1.82) is 0 Å². The van der Waals surface area contributed by atoms with Crippen LogP contribution in [-0.4, -0.2) is 21.1 Å². The molecule has 0 saturated carbocycles. The van der Waals surface area contributed by atoms with E-state index in [0.717, 1.165) is 31.1 Å². The number of hydrogen-bond acceptors (Lipinski definition) is 6. The van der Waals surface area contributed by atoms with Gasteiger partial charge in [-0.2, -0.15) is 0 Å². The molecule has 0 fully saturated rings. The quantitative estimate of drug-likeness (QED) is 0.353. The Labute approximate surface area is 200 Å². The van der Waals surface area contributed by atoms with Gasteiger partial charge in [0.25, 0.3) is 5.91 Å². The summed E-state index contributed by atoms with van der Waals surface area (Å²) in [4.78, 5) is 16.5. The number of halogens is 1. The van der Waals surface area contributed by atoms with Gasteiger partial charge in [0.15, 0.2) is 5.76 Å². The molecule has 1 unspecified atom stereocenters. The maximum atomic E-state index is 13.4. The van der Waals surface area contributed by atoms with Gasteiger partial charge in [-0.3, -0.25) is 4.79 Å². The zero-order chi connectivity index (χ0) is 23.3. The van der Waals surface area contributed by atoms with E-state index in [2.05, 4.69) is 28.4 Å². The van der Waals surface area contributed by atoms with Crippen molar-refractivity contribution in [2.75, 3.05) is 5.32 Å². The van der Waals surface area contributed by atoms with Crippen molar-refractivity contribution in [3.05, 3.63) is 81.1 Å². The van der Waals surface area contributed by atoms with Crippen molar-refractivity contribution in [3.8, 4) is 5.75 Å². The van der Waals surface area contributed by atoms with Crippen LogP contribution in [0.25, 0.3) is 15.7 Å². The highest BCUT2D eigenvalue weighted by Crippen LogP contribution is 2.41. The summed E-state index contributed by atoms with van der Waals surface area (Å²) in [6.07, 6.45) is 1.87. The Bertz CT molecular complexity index is 1400. The zero-order valence-electron chi connectivity index (χ0n) is 18.3. The summed E-state index contributed by atoms with van der Waals surface area (Å²) in [6.45, 7) is 6.13. The van der Waals surface area contributed by atoms with Gasteiger partial charge in [-0.15, -0.1) is 11.3 Å². The highest BCUT2D eigenvalue weighted by atomic mass is 35.5. The second-order valence-corrected chi connectivity index (χ2v) is 9.67. The first-order valence-corrected chi connectivity index (χ1v) is 11.7. The summed E-state index contributed by atoms with van der Waals surface area (Å²) in [6, 6.07) is 13.1. The van der Waals surface area contributed by atoms with Crippen LogP contribution >= 0.6 is 22.9 Å². The summed E-state index contributed by atoms with van der Waals surface area (Å²) in [5.74, 6) is 0.439. The SMILES string of the molecule is Cc1noc(C)c1NC(=O)C1=CN(Cc2sc3ccccc3c2Cl)C(C)c2cc(O)ccc21. The molecule has 0 spiro atoms. The third-order valence-electron chi connectivity index (χ3n) is 6.01. The fourth-order valence-corrected chi connectivity index (χ4v) is 5.71. The van der Waals surface area contributed by atoms with E-state index in [4.69, 9.17) is 16.1 Å². The third-order valence-corrected chi connectivity index (χ3v) is 7.71. The maximum absolute atomic E-state index is 13.4. The van der Waals surface area contributed by atoms with Crippen molar-refractivity contribution in [3.63, 3.8) is 0 Å². The molecule has 4 aromatic rings. The van der Waals surface area contributed by atoms with E-state index in [1.165, 1.54) is 0 Å². The van der Waals surface area contributed by atoms with Crippen molar-refractivity contribution in [1.82, 2.24) is 10.1 Å². The van der Waals surface area contributed by atoms with Crippen LogP contribution < -0.4 is 5.32 Å². The molecule has 0 radical (unpaired) electrons. The number of hydrogen-bond donors (Lipinski definition) is 2. The monoisotopic (exact) mass is 479 g/mol. The molecule has 1 aliphatic heterocycles. The lowest BCUT2D eigenvalue weighted by atomic mass is 9.90. The number of nitrogens with zero attached hydrogens (tertiary/aromatic N) is 2. The number of phenolic OH excluding ortho intramolecular Hbond substituents is 1. The minimum atomic E-state index is -0.268. The number of rotatable bonds is 4. The highest BCUT2D eigenvalue weighted by molar-refractivity contribution is 7.19. The molecule has 0 aliphatic carbocycles. The van der Waals surface area contributed by atoms with Gasteiger partial charge in [0.2, 0.25) is 0 Å². The smallest absolute Gasteiger partial charge is 0.257 e. The van der Waals surface area contributed by atoms with Crippen LogP contribution in [0.5, 0.6) is 5.75 Å². The number of aryl methyl sites for hydroxylation is 2. The topological polar surface area (TPSA) is 78.6 Å². The highest BCUT2D eigenvalue weighted by Gasteiger charge is 2.29. The molecule has 8 heteroatoms. The Morgan fingerprint density at radius 3 is 2.79 bits per heavy atom. The van der Waals surface area contributed by atoms with Gasteiger partial charge < -0.3 is 19.8 Å². The first-order valence-electron chi connectivity index (χ1n) is 10.5. The molecule has 5 rings (SSSR count). The lowest BCUT2D eigenvalue weighted by molar-refractivity contribution is -0.111. The Balaban J connectivity index is 1.55. The van der Waals surface area contributed by atoms with E-state index in [9.17, 15) is 9.90 Å². The van der Waals surface area contributed by atoms with Crippen molar-refractivity contribution in [2.24, 2.45) is 0 Å². The zero-order valence-corrected chi connectivity index (χ0v) is 19.9. The predicted molar refractivity (Wildman–Crippen MR) is 131 cm³/mol. The molecule has 1 atom stereocenters. The predicted octanol–water partition coefficient (Wildman–Crippen LogP) is 6.42. The van der Waals surface area contributed by atoms with Gasteiger partial charge in [0.1, 0.15) is 17.1 Å². The fraction of sp³-hybridized carbons (Fsp3) is 0.200. The number of aromatic nitrogens is 1. The molecular weight excluding hydrogens is 458 g/mol. The Kier molecular flexibility index (Phi) is 5.38. The van der Waals surface area contributed by atoms with E-state index < -0.39 is 0 Å². The fourth-order valence-electron chi connectivity index (χ4n) is 4.20. The molecule has 33 heavy (non-hydrogen) atoms. The van der Waals surface area contributed by atoms with Crippen LogP contribution in [-0.2, 0) is 11.3 Å². The van der Waals surface area contributed by atoms with Gasteiger partial charge in [0, 0.05) is 21.2 Å². The molecule has 2 aromatic heterocycles. The Hall–Kier alpha value is -3.29. The number of phenols is 1.